The molecule has 0 aromatic carbocycles. The van der Waals surface area contributed by atoms with Gasteiger partial charge in [0.25, 0.3) is 0 Å². The van der Waals surface area contributed by atoms with Gasteiger partial charge in [-0.2, -0.15) is 0 Å². The molecule has 1 unspecified atom stereocenters. The van der Waals surface area contributed by atoms with Gasteiger partial charge in [-0.25, -0.2) is 0 Å². The quantitative estimate of drug-likeness (QED) is 0.873. The fourth-order valence-electron chi connectivity index (χ4n) is 2.48. The lowest BCUT2D eigenvalue weighted by molar-refractivity contribution is 0.143. The maximum atomic E-state index is 8.99. The first-order valence-corrected chi connectivity index (χ1v) is 7.03. The molecule has 1 atom stereocenters. The number of likely N-dealkylation sites (tertiary alicyclic amines) is 1. The number of aliphatic hydroxyl groups excluding tert-OH is 1. The van der Waals surface area contributed by atoms with Gasteiger partial charge in [0, 0.05) is 24.6 Å². The van der Waals surface area contributed by atoms with Gasteiger partial charge in [-0.15, -0.1) is 11.3 Å². The Labute approximate surface area is 102 Å². The number of hydrogen-bond acceptors (Lipinski definition) is 3. The summed E-state index contributed by atoms with van der Waals surface area (Å²) in [5.74, 6) is 0.707. The van der Waals surface area contributed by atoms with Crippen molar-refractivity contribution in [3.63, 3.8) is 0 Å². The Morgan fingerprint density at radius 2 is 2.44 bits per heavy atom. The van der Waals surface area contributed by atoms with E-state index in [1.807, 2.05) is 11.3 Å². The van der Waals surface area contributed by atoms with Gasteiger partial charge in [0.15, 0.2) is 0 Å². The summed E-state index contributed by atoms with van der Waals surface area (Å²) >= 11 is 1.87. The summed E-state index contributed by atoms with van der Waals surface area (Å²) in [6.07, 6.45) is 3.55. The highest BCUT2D eigenvalue weighted by molar-refractivity contribution is 7.10. The van der Waals surface area contributed by atoms with Gasteiger partial charge in [0.1, 0.15) is 0 Å². The highest BCUT2D eigenvalue weighted by Crippen LogP contribution is 2.23. The van der Waals surface area contributed by atoms with Crippen LogP contribution < -0.4 is 0 Å². The molecule has 2 nitrogen and oxygen atoms in total. The second-order valence-corrected chi connectivity index (χ2v) is 5.78. The van der Waals surface area contributed by atoms with Crippen molar-refractivity contribution in [2.45, 2.75) is 32.7 Å². The lowest BCUT2D eigenvalue weighted by Gasteiger charge is -2.32. The van der Waals surface area contributed by atoms with Gasteiger partial charge in [-0.1, -0.05) is 0 Å². The molecule has 0 bridgehead atoms. The van der Waals surface area contributed by atoms with Crippen molar-refractivity contribution in [2.75, 3.05) is 19.7 Å². The van der Waals surface area contributed by atoms with E-state index in [-0.39, 0.29) is 0 Å². The van der Waals surface area contributed by atoms with Crippen molar-refractivity contribution < 1.29 is 5.11 Å². The van der Waals surface area contributed by atoms with Crippen LogP contribution in [0.3, 0.4) is 0 Å². The Kier molecular flexibility index (Phi) is 4.38. The van der Waals surface area contributed by atoms with Gasteiger partial charge in [-0.05, 0) is 55.7 Å². The largest absolute Gasteiger partial charge is 0.396 e. The second kappa shape index (κ2) is 5.80. The zero-order valence-electron chi connectivity index (χ0n) is 9.98. The Bertz CT molecular complexity index is 321. The first-order chi connectivity index (χ1) is 7.79. The van der Waals surface area contributed by atoms with E-state index >= 15 is 0 Å². The molecule has 90 valence electrons. The van der Waals surface area contributed by atoms with Gasteiger partial charge in [-0.3, -0.25) is 4.90 Å². The summed E-state index contributed by atoms with van der Waals surface area (Å²) in [7, 11) is 0. The Balaban J connectivity index is 1.88. The van der Waals surface area contributed by atoms with Crippen molar-refractivity contribution in [1.82, 2.24) is 4.90 Å². The van der Waals surface area contributed by atoms with Crippen LogP contribution in [0.25, 0.3) is 0 Å². The molecule has 0 spiro atoms. The number of piperidine rings is 1. The summed E-state index contributed by atoms with van der Waals surface area (Å²) < 4.78 is 0. The fraction of sp³-hybridized carbons (Fsp3) is 0.692. The molecule has 2 heterocycles. The fourth-order valence-corrected chi connectivity index (χ4v) is 3.43. The van der Waals surface area contributed by atoms with Crippen molar-refractivity contribution in [3.8, 4) is 0 Å². The standard InChI is InChI=1S/C13H21NOS/c1-11-5-8-16-13(11)10-14-6-2-3-12(9-14)4-7-15/h5,8,12,15H,2-4,6-7,9-10H2,1H3. The number of nitrogens with zero attached hydrogens (tertiary/aromatic N) is 1. The van der Waals surface area contributed by atoms with Crippen molar-refractivity contribution in [2.24, 2.45) is 5.92 Å². The molecule has 2 rings (SSSR count). The number of rotatable bonds is 4. The summed E-state index contributed by atoms with van der Waals surface area (Å²) in [5.41, 5.74) is 1.43. The van der Waals surface area contributed by atoms with Crippen molar-refractivity contribution in [1.29, 1.82) is 0 Å². The molecule has 16 heavy (non-hydrogen) atoms. The molecule has 1 fully saturated rings. The average molecular weight is 239 g/mol. The minimum Gasteiger partial charge on any atom is -0.396 e. The molecule has 3 heteroatoms. The topological polar surface area (TPSA) is 23.5 Å². The lowest BCUT2D eigenvalue weighted by atomic mass is 9.95. The molecule has 0 saturated carbocycles. The molecular formula is C13H21NOS. The van der Waals surface area contributed by atoms with Crippen LogP contribution in [0.15, 0.2) is 11.4 Å². The third kappa shape index (κ3) is 3.06. The Hall–Kier alpha value is -0.380. The SMILES string of the molecule is Cc1ccsc1CN1CCCC(CCO)C1. The summed E-state index contributed by atoms with van der Waals surface area (Å²) in [6.45, 7) is 6.03. The van der Waals surface area contributed by atoms with Gasteiger partial charge in [0.2, 0.25) is 0 Å². The molecule has 0 aliphatic carbocycles. The highest BCUT2D eigenvalue weighted by atomic mass is 32.1. The van der Waals surface area contributed by atoms with Gasteiger partial charge in [0.05, 0.1) is 0 Å². The molecule has 1 N–H and O–H groups in total. The number of aryl methyl sites for hydroxylation is 1. The third-order valence-electron chi connectivity index (χ3n) is 3.48. The zero-order valence-corrected chi connectivity index (χ0v) is 10.8. The average Bonchev–Trinajstić information content (AvgIpc) is 2.66. The molecule has 1 aliphatic heterocycles. The molecule has 1 aromatic heterocycles. The smallest absolute Gasteiger partial charge is 0.0434 e. The monoisotopic (exact) mass is 239 g/mol. The van der Waals surface area contributed by atoms with Crippen LogP contribution >= 0.6 is 11.3 Å². The number of aliphatic hydroxyl groups is 1. The second-order valence-electron chi connectivity index (χ2n) is 4.78. The van der Waals surface area contributed by atoms with Crippen LogP contribution in [0.1, 0.15) is 29.7 Å². The highest BCUT2D eigenvalue weighted by Gasteiger charge is 2.19. The van der Waals surface area contributed by atoms with Crippen LogP contribution in [-0.2, 0) is 6.54 Å². The maximum absolute atomic E-state index is 8.99. The minimum absolute atomic E-state index is 0.344. The summed E-state index contributed by atoms with van der Waals surface area (Å²) in [6, 6.07) is 2.20. The predicted molar refractivity (Wildman–Crippen MR) is 68.8 cm³/mol. The van der Waals surface area contributed by atoms with E-state index in [1.54, 1.807) is 0 Å². The normalized spacial score (nSPS) is 22.5. The zero-order chi connectivity index (χ0) is 11.4. The third-order valence-corrected chi connectivity index (χ3v) is 4.48. The van der Waals surface area contributed by atoms with Crippen LogP contribution in [0, 0.1) is 12.8 Å². The van der Waals surface area contributed by atoms with E-state index in [2.05, 4.69) is 23.3 Å². The van der Waals surface area contributed by atoms with Crippen LogP contribution in [0.4, 0.5) is 0 Å². The Morgan fingerprint density at radius 1 is 1.56 bits per heavy atom. The lowest BCUT2D eigenvalue weighted by Crippen LogP contribution is -2.35. The van der Waals surface area contributed by atoms with E-state index in [0.717, 1.165) is 19.5 Å². The van der Waals surface area contributed by atoms with Crippen LogP contribution in [0.2, 0.25) is 0 Å². The summed E-state index contributed by atoms with van der Waals surface area (Å²) in [5, 5.41) is 11.2. The maximum Gasteiger partial charge on any atom is 0.0434 e. The predicted octanol–water partition coefficient (Wildman–Crippen LogP) is 2.65. The van der Waals surface area contributed by atoms with Crippen molar-refractivity contribution >= 4 is 11.3 Å². The van der Waals surface area contributed by atoms with E-state index < -0.39 is 0 Å². The van der Waals surface area contributed by atoms with E-state index in [9.17, 15) is 0 Å². The van der Waals surface area contributed by atoms with Crippen molar-refractivity contribution in [3.05, 3.63) is 21.9 Å². The molecule has 0 amide bonds. The van der Waals surface area contributed by atoms with E-state index in [1.165, 1.54) is 29.8 Å². The molecule has 0 radical (unpaired) electrons. The van der Waals surface area contributed by atoms with E-state index in [4.69, 9.17) is 5.11 Å². The first kappa shape index (κ1) is 12.1. The number of hydrogen-bond donors (Lipinski definition) is 1. The number of thiophene rings is 1. The molecule has 1 aliphatic rings. The van der Waals surface area contributed by atoms with E-state index in [0.29, 0.717) is 12.5 Å². The molecule has 1 aromatic rings. The van der Waals surface area contributed by atoms with Gasteiger partial charge >= 0.3 is 0 Å². The van der Waals surface area contributed by atoms with Crippen LogP contribution in [0.5, 0.6) is 0 Å². The molecule has 1 saturated heterocycles. The first-order valence-electron chi connectivity index (χ1n) is 6.16. The molecular weight excluding hydrogens is 218 g/mol. The Morgan fingerprint density at radius 3 is 3.12 bits per heavy atom. The van der Waals surface area contributed by atoms with Gasteiger partial charge < -0.3 is 5.11 Å². The van der Waals surface area contributed by atoms with Crippen LogP contribution in [-0.4, -0.2) is 29.7 Å². The minimum atomic E-state index is 0.344. The summed E-state index contributed by atoms with van der Waals surface area (Å²) in [4.78, 5) is 4.05.